The minimum atomic E-state index is -0.314. The van der Waals surface area contributed by atoms with E-state index < -0.39 is 0 Å². The predicted molar refractivity (Wildman–Crippen MR) is 107 cm³/mol. The first-order valence-corrected chi connectivity index (χ1v) is 8.62. The maximum absolute atomic E-state index is 12.3. The van der Waals surface area contributed by atoms with Gasteiger partial charge in [-0.2, -0.15) is 0 Å². The topological polar surface area (TPSA) is 26.3 Å². The van der Waals surface area contributed by atoms with Crippen molar-refractivity contribution in [3.8, 4) is 11.1 Å². The second kappa shape index (κ2) is 5.57. The number of hydrogen-bond acceptors (Lipinski definition) is 2. The van der Waals surface area contributed by atoms with Crippen LogP contribution in [0, 0.1) is 0 Å². The molecule has 5 aromatic rings. The van der Waals surface area contributed by atoms with Gasteiger partial charge in [-0.15, -0.1) is 0 Å². The van der Waals surface area contributed by atoms with Gasteiger partial charge in [0.15, 0.2) is 0 Å². The van der Waals surface area contributed by atoms with Gasteiger partial charge in [-0.05, 0) is 49.5 Å². The molecule has 0 N–H and O–H groups in total. The summed E-state index contributed by atoms with van der Waals surface area (Å²) >= 11 is 0. The molecule has 0 unspecified atom stereocenters. The lowest BCUT2D eigenvalue weighted by Crippen LogP contribution is -2.03. The van der Waals surface area contributed by atoms with Gasteiger partial charge in [0, 0.05) is 0 Å². The van der Waals surface area contributed by atoms with Crippen LogP contribution in [0.25, 0.3) is 43.4 Å². The van der Waals surface area contributed by atoms with Gasteiger partial charge in [-0.25, -0.2) is 4.79 Å². The molecule has 0 fully saturated rings. The number of ether oxygens (including phenoxy) is 1. The van der Waals surface area contributed by atoms with Crippen molar-refractivity contribution in [3.63, 3.8) is 0 Å². The normalized spacial score (nSPS) is 11.4. The average molecular weight is 336 g/mol. The van der Waals surface area contributed by atoms with Gasteiger partial charge >= 0.3 is 5.97 Å². The molecule has 0 spiro atoms. The second-order valence-corrected chi connectivity index (χ2v) is 6.51. The SMILES string of the molecule is COC(=O)c1ccccc1-c1ccc2ccc3cccc4ccc1c2c34. The molecule has 0 aliphatic heterocycles. The maximum atomic E-state index is 12.3. The average Bonchev–Trinajstić information content (AvgIpc) is 2.71. The summed E-state index contributed by atoms with van der Waals surface area (Å²) in [5.74, 6) is -0.314. The Bertz CT molecular complexity index is 1270. The van der Waals surface area contributed by atoms with Gasteiger partial charge < -0.3 is 4.74 Å². The molecule has 5 aromatic carbocycles. The van der Waals surface area contributed by atoms with Crippen LogP contribution in [0.4, 0.5) is 0 Å². The molecule has 124 valence electrons. The largest absolute Gasteiger partial charge is 0.465 e. The van der Waals surface area contributed by atoms with E-state index in [1.54, 1.807) is 0 Å². The molecule has 2 nitrogen and oxygen atoms in total. The summed E-state index contributed by atoms with van der Waals surface area (Å²) in [5.41, 5.74) is 2.54. The summed E-state index contributed by atoms with van der Waals surface area (Å²) < 4.78 is 4.98. The van der Waals surface area contributed by atoms with E-state index >= 15 is 0 Å². The first kappa shape index (κ1) is 14.9. The molecule has 0 radical (unpaired) electrons. The molecule has 0 aromatic heterocycles. The number of esters is 1. The Labute approximate surface area is 151 Å². The van der Waals surface area contributed by atoms with Crippen LogP contribution in [0.3, 0.4) is 0 Å². The second-order valence-electron chi connectivity index (χ2n) is 6.51. The van der Waals surface area contributed by atoms with E-state index in [0.29, 0.717) is 5.56 Å². The molecule has 0 amide bonds. The standard InChI is InChI=1S/C24H16O2/c1-26-24(25)21-8-3-2-7-18(21)19-13-11-17-10-9-15-5-4-6-16-12-14-20(19)23(17)22(15)16/h2-14H,1H3. The Balaban J connectivity index is 1.93. The monoisotopic (exact) mass is 336 g/mol. The Morgan fingerprint density at radius 3 is 2.08 bits per heavy atom. The highest BCUT2D eigenvalue weighted by molar-refractivity contribution is 6.25. The quantitative estimate of drug-likeness (QED) is 0.290. The molecule has 0 saturated heterocycles. The van der Waals surface area contributed by atoms with Gasteiger partial charge in [0.05, 0.1) is 12.7 Å². The van der Waals surface area contributed by atoms with E-state index in [9.17, 15) is 4.79 Å². The number of carbonyl (C=O) groups excluding carboxylic acids is 1. The van der Waals surface area contributed by atoms with E-state index in [1.807, 2.05) is 24.3 Å². The summed E-state index contributed by atoms with van der Waals surface area (Å²) in [5, 5.41) is 7.36. The third kappa shape index (κ3) is 2.02. The molecule has 0 aliphatic rings. The molecular formula is C24H16O2. The van der Waals surface area contributed by atoms with Crippen molar-refractivity contribution in [3.05, 3.63) is 84.4 Å². The lowest BCUT2D eigenvalue weighted by molar-refractivity contribution is 0.0601. The molecule has 2 heteroatoms. The zero-order valence-corrected chi connectivity index (χ0v) is 14.3. The Kier molecular flexibility index (Phi) is 3.19. The van der Waals surface area contributed by atoms with Gasteiger partial charge in [0.2, 0.25) is 0 Å². The lowest BCUT2D eigenvalue weighted by atomic mass is 9.88. The summed E-state index contributed by atoms with van der Waals surface area (Å²) in [6.07, 6.45) is 0. The third-order valence-electron chi connectivity index (χ3n) is 5.15. The summed E-state index contributed by atoms with van der Waals surface area (Å²) in [6.45, 7) is 0. The smallest absolute Gasteiger partial charge is 0.338 e. The van der Waals surface area contributed by atoms with Crippen LogP contribution in [-0.4, -0.2) is 13.1 Å². The zero-order valence-electron chi connectivity index (χ0n) is 14.3. The first-order chi connectivity index (χ1) is 12.8. The van der Waals surface area contributed by atoms with E-state index in [1.165, 1.54) is 34.0 Å². The molecule has 0 aliphatic carbocycles. The maximum Gasteiger partial charge on any atom is 0.338 e. The summed E-state index contributed by atoms with van der Waals surface area (Å²) in [4.78, 5) is 12.3. The van der Waals surface area contributed by atoms with Crippen molar-refractivity contribution in [1.82, 2.24) is 0 Å². The predicted octanol–water partition coefficient (Wildman–Crippen LogP) is 6.04. The number of methoxy groups -OCH3 is 1. The Hall–Kier alpha value is -3.39. The van der Waals surface area contributed by atoms with E-state index in [0.717, 1.165) is 16.5 Å². The van der Waals surface area contributed by atoms with Gasteiger partial charge in [0.25, 0.3) is 0 Å². The van der Waals surface area contributed by atoms with Crippen molar-refractivity contribution in [1.29, 1.82) is 0 Å². The number of carbonyl (C=O) groups is 1. The fraction of sp³-hybridized carbons (Fsp3) is 0.0417. The Morgan fingerprint density at radius 2 is 1.31 bits per heavy atom. The molecular weight excluding hydrogens is 320 g/mol. The minimum absolute atomic E-state index is 0.314. The van der Waals surface area contributed by atoms with Gasteiger partial charge in [-0.3, -0.25) is 0 Å². The third-order valence-corrected chi connectivity index (χ3v) is 5.15. The van der Waals surface area contributed by atoms with Gasteiger partial charge in [-0.1, -0.05) is 72.8 Å². The summed E-state index contributed by atoms with van der Waals surface area (Å²) in [7, 11) is 1.42. The van der Waals surface area contributed by atoms with Crippen molar-refractivity contribution in [2.45, 2.75) is 0 Å². The van der Waals surface area contributed by atoms with Crippen LogP contribution < -0.4 is 0 Å². The first-order valence-electron chi connectivity index (χ1n) is 8.62. The number of rotatable bonds is 2. The highest BCUT2D eigenvalue weighted by Gasteiger charge is 2.16. The van der Waals surface area contributed by atoms with E-state index in [-0.39, 0.29) is 5.97 Å². The highest BCUT2D eigenvalue weighted by atomic mass is 16.5. The number of benzene rings is 5. The van der Waals surface area contributed by atoms with Crippen LogP contribution in [0.5, 0.6) is 0 Å². The van der Waals surface area contributed by atoms with Crippen molar-refractivity contribution < 1.29 is 9.53 Å². The lowest BCUT2D eigenvalue weighted by Gasteiger charge is -2.15. The number of hydrogen-bond donors (Lipinski definition) is 0. The minimum Gasteiger partial charge on any atom is -0.465 e. The molecule has 0 heterocycles. The van der Waals surface area contributed by atoms with Gasteiger partial charge in [0.1, 0.15) is 0 Å². The van der Waals surface area contributed by atoms with E-state index in [2.05, 4.69) is 54.6 Å². The molecule has 0 atom stereocenters. The van der Waals surface area contributed by atoms with Crippen molar-refractivity contribution in [2.24, 2.45) is 0 Å². The fourth-order valence-electron chi connectivity index (χ4n) is 3.98. The highest BCUT2D eigenvalue weighted by Crippen LogP contribution is 2.39. The van der Waals surface area contributed by atoms with Crippen LogP contribution in [-0.2, 0) is 4.74 Å². The Morgan fingerprint density at radius 1 is 0.654 bits per heavy atom. The fourth-order valence-corrected chi connectivity index (χ4v) is 3.98. The van der Waals surface area contributed by atoms with Crippen LogP contribution in [0.2, 0.25) is 0 Å². The van der Waals surface area contributed by atoms with Crippen molar-refractivity contribution >= 4 is 38.3 Å². The van der Waals surface area contributed by atoms with Crippen LogP contribution >= 0.6 is 0 Å². The van der Waals surface area contributed by atoms with Crippen LogP contribution in [0.1, 0.15) is 10.4 Å². The molecule has 5 rings (SSSR count). The molecule has 0 saturated carbocycles. The van der Waals surface area contributed by atoms with Crippen molar-refractivity contribution in [2.75, 3.05) is 7.11 Å². The molecule has 26 heavy (non-hydrogen) atoms. The molecule has 0 bridgehead atoms. The zero-order chi connectivity index (χ0) is 17.7. The summed E-state index contributed by atoms with van der Waals surface area (Å²) in [6, 6.07) is 26.9. The van der Waals surface area contributed by atoms with Crippen LogP contribution in [0.15, 0.2) is 78.9 Å². The van der Waals surface area contributed by atoms with E-state index in [4.69, 9.17) is 4.74 Å².